The van der Waals surface area contributed by atoms with Crippen molar-refractivity contribution < 1.29 is 9.18 Å². The summed E-state index contributed by atoms with van der Waals surface area (Å²) in [5, 5.41) is 0. The minimum absolute atomic E-state index is 0.0515. The average Bonchev–Trinajstić information content (AvgIpc) is 3.11. The second kappa shape index (κ2) is 7.48. The van der Waals surface area contributed by atoms with Gasteiger partial charge in [0.05, 0.1) is 11.3 Å². The lowest BCUT2D eigenvalue weighted by Crippen LogP contribution is -2.40. The number of fused-ring (bicyclic) bond motifs is 1. The van der Waals surface area contributed by atoms with E-state index in [1.165, 1.54) is 12.1 Å². The Kier molecular flexibility index (Phi) is 4.90. The zero-order valence-electron chi connectivity index (χ0n) is 15.1. The van der Waals surface area contributed by atoms with Crippen LogP contribution in [0.15, 0.2) is 48.8 Å². The molecule has 3 heterocycles. The molecule has 140 valence electrons. The van der Waals surface area contributed by atoms with Crippen molar-refractivity contribution in [2.75, 3.05) is 19.6 Å². The molecule has 3 aromatic rings. The first kappa shape index (κ1) is 17.7. The molecule has 1 amide bonds. The predicted octanol–water partition coefficient (Wildman–Crippen LogP) is 3.34. The summed E-state index contributed by atoms with van der Waals surface area (Å²) in [5.41, 5.74) is 8.68. The first-order chi connectivity index (χ1) is 13.1. The van der Waals surface area contributed by atoms with Crippen molar-refractivity contribution in [2.45, 2.75) is 19.3 Å². The van der Waals surface area contributed by atoms with Crippen LogP contribution in [0.2, 0.25) is 0 Å². The van der Waals surface area contributed by atoms with Crippen LogP contribution in [0, 0.1) is 11.7 Å². The second-order valence-electron chi connectivity index (χ2n) is 7.15. The Labute approximate surface area is 157 Å². The van der Waals surface area contributed by atoms with Crippen LogP contribution in [0.4, 0.5) is 4.39 Å². The van der Waals surface area contributed by atoms with Crippen molar-refractivity contribution in [1.82, 2.24) is 14.3 Å². The largest absolute Gasteiger partial charge is 0.338 e. The van der Waals surface area contributed by atoms with Crippen LogP contribution in [0.3, 0.4) is 0 Å². The molecule has 1 aliphatic heterocycles. The van der Waals surface area contributed by atoms with E-state index in [1.54, 1.807) is 12.1 Å². The first-order valence-corrected chi connectivity index (χ1v) is 9.38. The third kappa shape index (κ3) is 3.71. The van der Waals surface area contributed by atoms with Crippen molar-refractivity contribution in [1.29, 1.82) is 0 Å². The van der Waals surface area contributed by atoms with Gasteiger partial charge in [0.25, 0.3) is 5.91 Å². The monoisotopic (exact) mass is 366 g/mol. The van der Waals surface area contributed by atoms with Gasteiger partial charge >= 0.3 is 0 Å². The fraction of sp³-hybridized carbons (Fsp3) is 0.333. The molecule has 27 heavy (non-hydrogen) atoms. The molecule has 0 spiro atoms. The third-order valence-electron chi connectivity index (χ3n) is 5.22. The fourth-order valence-corrected chi connectivity index (χ4v) is 3.78. The summed E-state index contributed by atoms with van der Waals surface area (Å²) in [4.78, 5) is 19.4. The van der Waals surface area contributed by atoms with Crippen LogP contribution in [-0.2, 0) is 0 Å². The van der Waals surface area contributed by atoms with E-state index in [1.807, 2.05) is 33.8 Å². The zero-order valence-corrected chi connectivity index (χ0v) is 15.1. The molecule has 1 saturated heterocycles. The Morgan fingerprint density at radius 3 is 2.78 bits per heavy atom. The normalized spacial score (nSPS) is 17.4. The second-order valence-corrected chi connectivity index (χ2v) is 7.15. The van der Waals surface area contributed by atoms with Crippen LogP contribution in [0.25, 0.3) is 16.9 Å². The molecule has 4 rings (SSSR count). The molecular formula is C21H23FN4O. The number of benzene rings is 1. The van der Waals surface area contributed by atoms with Gasteiger partial charge in [-0.05, 0) is 68.1 Å². The number of carbonyl (C=O) groups excluding carboxylic acids is 1. The molecule has 0 radical (unpaired) electrons. The van der Waals surface area contributed by atoms with Crippen LogP contribution in [0.1, 0.15) is 29.6 Å². The molecule has 6 heteroatoms. The number of likely N-dealkylation sites (tertiary alicyclic amines) is 1. The van der Waals surface area contributed by atoms with Gasteiger partial charge in [-0.1, -0.05) is 0 Å². The highest BCUT2D eigenvalue weighted by Crippen LogP contribution is 2.23. The average molecular weight is 366 g/mol. The summed E-state index contributed by atoms with van der Waals surface area (Å²) >= 11 is 0. The Hall–Kier alpha value is -2.73. The van der Waals surface area contributed by atoms with Gasteiger partial charge in [-0.2, -0.15) is 0 Å². The van der Waals surface area contributed by atoms with Gasteiger partial charge in [-0.25, -0.2) is 9.37 Å². The maximum Gasteiger partial charge on any atom is 0.255 e. The summed E-state index contributed by atoms with van der Waals surface area (Å²) in [7, 11) is 0. The van der Waals surface area contributed by atoms with Crippen molar-refractivity contribution in [3.05, 3.63) is 60.2 Å². The van der Waals surface area contributed by atoms with Gasteiger partial charge in [-0.3, -0.25) is 4.79 Å². The van der Waals surface area contributed by atoms with E-state index in [0.717, 1.165) is 49.3 Å². The standard InChI is InChI=1S/C21H23FN4O/c22-18-6-3-16(4-7-18)19-14-26-13-17(5-8-20(26)24-19)21(27)25-11-1-2-15(12-25)9-10-23/h3-8,13-15H,1-2,9-12,23H2/t15-/m1/s1. The highest BCUT2D eigenvalue weighted by Gasteiger charge is 2.24. The number of carbonyl (C=O) groups is 1. The van der Waals surface area contributed by atoms with E-state index in [9.17, 15) is 9.18 Å². The number of hydrogen-bond donors (Lipinski definition) is 1. The summed E-state index contributed by atoms with van der Waals surface area (Å²) < 4.78 is 15.0. The number of imidazole rings is 1. The Bertz CT molecular complexity index is 948. The number of pyridine rings is 1. The topological polar surface area (TPSA) is 63.6 Å². The molecule has 0 bridgehead atoms. The van der Waals surface area contributed by atoms with Crippen LogP contribution < -0.4 is 5.73 Å². The number of hydrogen-bond acceptors (Lipinski definition) is 3. The third-order valence-corrected chi connectivity index (χ3v) is 5.22. The minimum atomic E-state index is -0.273. The lowest BCUT2D eigenvalue weighted by atomic mass is 9.94. The van der Waals surface area contributed by atoms with Crippen LogP contribution >= 0.6 is 0 Å². The smallest absolute Gasteiger partial charge is 0.255 e. The number of amides is 1. The van der Waals surface area contributed by atoms with Crippen LogP contribution in [-0.4, -0.2) is 39.8 Å². The molecule has 0 saturated carbocycles. The van der Waals surface area contributed by atoms with Crippen LogP contribution in [0.5, 0.6) is 0 Å². The van der Waals surface area contributed by atoms with Gasteiger partial charge in [0, 0.05) is 31.0 Å². The van der Waals surface area contributed by atoms with Crippen molar-refractivity contribution in [3.8, 4) is 11.3 Å². The minimum Gasteiger partial charge on any atom is -0.338 e. The number of rotatable bonds is 4. The molecule has 1 aliphatic rings. The van der Waals surface area contributed by atoms with E-state index < -0.39 is 0 Å². The van der Waals surface area contributed by atoms with Crippen molar-refractivity contribution in [2.24, 2.45) is 11.7 Å². The molecule has 1 atom stereocenters. The van der Waals surface area contributed by atoms with Crippen molar-refractivity contribution in [3.63, 3.8) is 0 Å². The summed E-state index contributed by atoms with van der Waals surface area (Å²) in [6, 6.07) is 9.92. The number of nitrogens with zero attached hydrogens (tertiary/aromatic N) is 3. The van der Waals surface area contributed by atoms with E-state index in [0.29, 0.717) is 18.0 Å². The van der Waals surface area contributed by atoms with Gasteiger partial charge in [0.2, 0.25) is 0 Å². The van der Waals surface area contributed by atoms with Gasteiger partial charge in [0.1, 0.15) is 11.5 Å². The molecule has 0 unspecified atom stereocenters. The Morgan fingerprint density at radius 2 is 2.00 bits per heavy atom. The number of nitrogens with two attached hydrogens (primary N) is 1. The Balaban J connectivity index is 1.57. The number of piperidine rings is 1. The highest BCUT2D eigenvalue weighted by atomic mass is 19.1. The highest BCUT2D eigenvalue weighted by molar-refractivity contribution is 5.94. The predicted molar refractivity (Wildman–Crippen MR) is 103 cm³/mol. The maximum atomic E-state index is 13.1. The lowest BCUT2D eigenvalue weighted by Gasteiger charge is -2.32. The summed E-state index contributed by atoms with van der Waals surface area (Å²) in [6.45, 7) is 2.24. The fourth-order valence-electron chi connectivity index (χ4n) is 3.78. The van der Waals surface area contributed by atoms with Gasteiger partial charge < -0.3 is 15.0 Å². The number of halogens is 1. The number of aromatic nitrogens is 2. The summed E-state index contributed by atoms with van der Waals surface area (Å²) in [6.07, 6.45) is 6.82. The SMILES string of the molecule is NCC[C@H]1CCCN(C(=O)c2ccc3nc(-c4ccc(F)cc4)cn3c2)C1. The quantitative estimate of drug-likeness (QED) is 0.770. The summed E-state index contributed by atoms with van der Waals surface area (Å²) in [5.74, 6) is 0.273. The molecular weight excluding hydrogens is 343 g/mol. The van der Waals surface area contributed by atoms with E-state index in [4.69, 9.17) is 5.73 Å². The van der Waals surface area contributed by atoms with E-state index >= 15 is 0 Å². The molecule has 5 nitrogen and oxygen atoms in total. The van der Waals surface area contributed by atoms with E-state index in [-0.39, 0.29) is 11.7 Å². The van der Waals surface area contributed by atoms with Gasteiger partial charge in [-0.15, -0.1) is 0 Å². The molecule has 0 aliphatic carbocycles. The van der Waals surface area contributed by atoms with Crippen molar-refractivity contribution >= 4 is 11.6 Å². The molecule has 2 aromatic heterocycles. The Morgan fingerprint density at radius 1 is 1.19 bits per heavy atom. The molecule has 1 fully saturated rings. The maximum absolute atomic E-state index is 13.1. The molecule has 2 N–H and O–H groups in total. The van der Waals surface area contributed by atoms with Gasteiger partial charge in [0.15, 0.2) is 0 Å². The molecule has 1 aromatic carbocycles. The van der Waals surface area contributed by atoms with E-state index in [2.05, 4.69) is 4.98 Å². The first-order valence-electron chi connectivity index (χ1n) is 9.38. The lowest BCUT2D eigenvalue weighted by molar-refractivity contribution is 0.0669. The zero-order chi connectivity index (χ0) is 18.8.